The molecule has 0 saturated carbocycles. The van der Waals surface area contributed by atoms with Crippen molar-refractivity contribution in [3.05, 3.63) is 65.0 Å². The van der Waals surface area contributed by atoms with Gasteiger partial charge in [-0.15, -0.1) is 0 Å². The number of ketones is 1. The van der Waals surface area contributed by atoms with Crippen LogP contribution in [0.4, 0.5) is 4.39 Å². The van der Waals surface area contributed by atoms with Crippen LogP contribution in [0.5, 0.6) is 11.5 Å². The van der Waals surface area contributed by atoms with Gasteiger partial charge in [0.25, 0.3) is 0 Å². The molecule has 0 bridgehead atoms. The molecule has 0 radical (unpaired) electrons. The number of carbonyl (C=O) groups excluding carboxylic acids is 1. The molecule has 2 aromatic carbocycles. The Morgan fingerprint density at radius 3 is 2.50 bits per heavy atom. The van der Waals surface area contributed by atoms with Gasteiger partial charge in [0, 0.05) is 18.2 Å². The van der Waals surface area contributed by atoms with Crippen molar-refractivity contribution in [1.29, 1.82) is 0 Å². The zero-order valence-corrected chi connectivity index (χ0v) is 13.9. The van der Waals surface area contributed by atoms with Crippen molar-refractivity contribution >= 4 is 11.9 Å². The summed E-state index contributed by atoms with van der Waals surface area (Å²) in [5.41, 5.74) is 1.70. The molecular formula is C19H20FNO3. The number of nitrogens with zero attached hydrogens (tertiary/aromatic N) is 1. The molecule has 0 atom stereocenters. The highest BCUT2D eigenvalue weighted by atomic mass is 19.1. The lowest BCUT2D eigenvalue weighted by Crippen LogP contribution is -2.12. The monoisotopic (exact) mass is 329 g/mol. The zero-order valence-electron chi connectivity index (χ0n) is 13.9. The second-order valence-corrected chi connectivity index (χ2v) is 5.67. The lowest BCUT2D eigenvalue weighted by Gasteiger charge is -2.15. The molecule has 2 rings (SSSR count). The van der Waals surface area contributed by atoms with Gasteiger partial charge < -0.3 is 14.7 Å². The summed E-state index contributed by atoms with van der Waals surface area (Å²) >= 11 is 0. The van der Waals surface area contributed by atoms with Gasteiger partial charge in [0.15, 0.2) is 5.78 Å². The Morgan fingerprint density at radius 2 is 1.92 bits per heavy atom. The molecule has 1 N–H and O–H groups in total. The number of hydrogen-bond acceptors (Lipinski definition) is 4. The third kappa shape index (κ3) is 4.43. The quantitative estimate of drug-likeness (QED) is 0.651. The molecule has 0 unspecified atom stereocenters. The summed E-state index contributed by atoms with van der Waals surface area (Å²) in [6.45, 7) is 0.575. The average Bonchev–Trinajstić information content (AvgIpc) is 2.54. The number of halogens is 1. The van der Waals surface area contributed by atoms with E-state index in [2.05, 4.69) is 0 Å². The molecule has 0 fully saturated rings. The van der Waals surface area contributed by atoms with Crippen molar-refractivity contribution in [2.45, 2.75) is 6.54 Å². The summed E-state index contributed by atoms with van der Waals surface area (Å²) in [6, 6.07) is 8.87. The van der Waals surface area contributed by atoms with E-state index in [1.165, 1.54) is 31.4 Å². The van der Waals surface area contributed by atoms with E-state index in [1.807, 2.05) is 19.0 Å². The van der Waals surface area contributed by atoms with Crippen LogP contribution >= 0.6 is 0 Å². The van der Waals surface area contributed by atoms with E-state index in [9.17, 15) is 14.3 Å². The summed E-state index contributed by atoms with van der Waals surface area (Å²) < 4.78 is 18.1. The topological polar surface area (TPSA) is 49.8 Å². The van der Waals surface area contributed by atoms with Gasteiger partial charge in [-0.1, -0.05) is 18.2 Å². The van der Waals surface area contributed by atoms with E-state index in [-0.39, 0.29) is 22.9 Å². The van der Waals surface area contributed by atoms with Crippen molar-refractivity contribution < 1.29 is 19.0 Å². The fraction of sp³-hybridized carbons (Fsp3) is 0.211. The Kier molecular flexibility index (Phi) is 5.71. The van der Waals surface area contributed by atoms with Gasteiger partial charge in [0.1, 0.15) is 17.3 Å². The maximum Gasteiger partial charge on any atom is 0.189 e. The minimum Gasteiger partial charge on any atom is -0.507 e. The molecule has 0 saturated heterocycles. The molecular weight excluding hydrogens is 309 g/mol. The Hall–Kier alpha value is -2.66. The lowest BCUT2D eigenvalue weighted by atomic mass is 10.0. The summed E-state index contributed by atoms with van der Waals surface area (Å²) in [7, 11) is 5.33. The predicted molar refractivity (Wildman–Crippen MR) is 91.8 cm³/mol. The fourth-order valence-corrected chi connectivity index (χ4v) is 2.30. The van der Waals surface area contributed by atoms with Crippen molar-refractivity contribution in [3.8, 4) is 11.5 Å². The molecule has 5 heteroatoms. The number of methoxy groups -OCH3 is 1. The first-order chi connectivity index (χ1) is 11.4. The van der Waals surface area contributed by atoms with Crippen LogP contribution in [0.1, 0.15) is 21.5 Å². The van der Waals surface area contributed by atoms with Crippen molar-refractivity contribution in [2.24, 2.45) is 0 Å². The Bertz CT molecular complexity index is 752. The van der Waals surface area contributed by atoms with Gasteiger partial charge in [-0.25, -0.2) is 4.39 Å². The van der Waals surface area contributed by atoms with E-state index in [1.54, 1.807) is 24.3 Å². The number of hydrogen-bond donors (Lipinski definition) is 1. The smallest absolute Gasteiger partial charge is 0.189 e. The third-order valence-corrected chi connectivity index (χ3v) is 3.45. The number of aromatic hydroxyl groups is 1. The highest BCUT2D eigenvalue weighted by Crippen LogP contribution is 2.29. The van der Waals surface area contributed by atoms with Gasteiger partial charge >= 0.3 is 0 Å². The maximum atomic E-state index is 12.9. The fourth-order valence-electron chi connectivity index (χ4n) is 2.30. The zero-order chi connectivity index (χ0) is 17.7. The van der Waals surface area contributed by atoms with Crippen LogP contribution in [0.25, 0.3) is 6.08 Å². The number of rotatable bonds is 6. The number of allylic oxidation sites excluding steroid dienone is 1. The molecule has 4 nitrogen and oxygen atoms in total. The van der Waals surface area contributed by atoms with E-state index in [0.717, 1.165) is 5.56 Å². The van der Waals surface area contributed by atoms with Crippen LogP contribution in [-0.2, 0) is 6.54 Å². The number of phenols is 1. The number of ether oxygens (including phenoxy) is 1. The van der Waals surface area contributed by atoms with Gasteiger partial charge in [-0.3, -0.25) is 4.79 Å². The molecule has 2 aromatic rings. The van der Waals surface area contributed by atoms with E-state index >= 15 is 0 Å². The molecule has 0 amide bonds. The maximum absolute atomic E-state index is 12.9. The van der Waals surface area contributed by atoms with Gasteiger partial charge in [-0.05, 0) is 43.9 Å². The van der Waals surface area contributed by atoms with Crippen LogP contribution in [0, 0.1) is 5.82 Å². The first-order valence-corrected chi connectivity index (χ1v) is 7.43. The summed E-state index contributed by atoms with van der Waals surface area (Å²) in [5, 5.41) is 10.1. The first-order valence-electron chi connectivity index (χ1n) is 7.43. The van der Waals surface area contributed by atoms with Crippen LogP contribution in [0.3, 0.4) is 0 Å². The Balaban J connectivity index is 2.29. The number of benzene rings is 2. The van der Waals surface area contributed by atoms with Crippen LogP contribution in [0.2, 0.25) is 0 Å². The largest absolute Gasteiger partial charge is 0.507 e. The standard InChI is InChI=1S/C19H20FNO3/c1-21(2)12-14-10-16(18(23)11-19(14)24-3)17(22)9-6-13-4-7-15(20)8-5-13/h4-11,23H,12H2,1-3H3/b9-6+. The van der Waals surface area contributed by atoms with Crippen molar-refractivity contribution in [1.82, 2.24) is 4.90 Å². The minimum absolute atomic E-state index is 0.136. The van der Waals surface area contributed by atoms with Crippen molar-refractivity contribution in [3.63, 3.8) is 0 Å². The highest BCUT2D eigenvalue weighted by Gasteiger charge is 2.14. The molecule has 0 heterocycles. The van der Waals surface area contributed by atoms with Crippen molar-refractivity contribution in [2.75, 3.05) is 21.2 Å². The Morgan fingerprint density at radius 1 is 1.25 bits per heavy atom. The van der Waals surface area contributed by atoms with E-state index in [4.69, 9.17) is 4.74 Å². The van der Waals surface area contributed by atoms with E-state index < -0.39 is 0 Å². The van der Waals surface area contributed by atoms with Crippen LogP contribution in [-0.4, -0.2) is 37.0 Å². The normalized spacial score (nSPS) is 11.2. The molecule has 0 aliphatic heterocycles. The second-order valence-electron chi connectivity index (χ2n) is 5.67. The lowest BCUT2D eigenvalue weighted by molar-refractivity contribution is 0.104. The van der Waals surface area contributed by atoms with Gasteiger partial charge in [0.05, 0.1) is 12.7 Å². The Labute approximate surface area is 140 Å². The van der Waals surface area contributed by atoms with Gasteiger partial charge in [0.2, 0.25) is 0 Å². The second kappa shape index (κ2) is 7.75. The number of carbonyl (C=O) groups is 1. The molecule has 24 heavy (non-hydrogen) atoms. The molecule has 0 aliphatic carbocycles. The first kappa shape index (κ1) is 17.7. The average molecular weight is 329 g/mol. The SMILES string of the molecule is COc1cc(O)c(C(=O)/C=C/c2ccc(F)cc2)cc1CN(C)C. The molecule has 0 aromatic heterocycles. The summed E-state index contributed by atoms with van der Waals surface area (Å²) in [6.07, 6.45) is 2.94. The molecule has 0 spiro atoms. The molecule has 0 aliphatic rings. The highest BCUT2D eigenvalue weighted by molar-refractivity contribution is 6.08. The summed E-state index contributed by atoms with van der Waals surface area (Å²) in [4.78, 5) is 14.3. The van der Waals surface area contributed by atoms with Crippen LogP contribution < -0.4 is 4.74 Å². The minimum atomic E-state index is -0.334. The number of phenolic OH excluding ortho intramolecular Hbond substituents is 1. The van der Waals surface area contributed by atoms with Crippen LogP contribution in [0.15, 0.2) is 42.5 Å². The van der Waals surface area contributed by atoms with E-state index in [0.29, 0.717) is 17.9 Å². The van der Waals surface area contributed by atoms with Gasteiger partial charge in [-0.2, -0.15) is 0 Å². The predicted octanol–water partition coefficient (Wildman–Crippen LogP) is 3.50. The molecule has 126 valence electrons. The summed E-state index contributed by atoms with van der Waals surface area (Å²) in [5.74, 6) is -0.275. The third-order valence-electron chi connectivity index (χ3n) is 3.45.